The Morgan fingerprint density at radius 2 is 1.62 bits per heavy atom. The lowest BCUT2D eigenvalue weighted by atomic mass is 9.84. The molecule has 1 saturated heterocycles. The number of Topliss-reactive ketones (excluding diaryl/α,β-unsaturated/α-hetero) is 1. The number of ketones is 1. The summed E-state index contributed by atoms with van der Waals surface area (Å²) >= 11 is 0. The van der Waals surface area contributed by atoms with Gasteiger partial charge in [-0.15, -0.1) is 0 Å². The molecule has 1 aromatic carbocycles. The van der Waals surface area contributed by atoms with Crippen LogP contribution < -0.4 is 5.32 Å². The molecule has 1 aliphatic heterocycles. The van der Waals surface area contributed by atoms with Crippen molar-refractivity contribution < 1.29 is 14.4 Å². The lowest BCUT2D eigenvalue weighted by molar-refractivity contribution is -0.136. The van der Waals surface area contributed by atoms with E-state index in [0.29, 0.717) is 38.0 Å². The molecule has 1 atom stereocenters. The molecule has 0 spiro atoms. The third kappa shape index (κ3) is 5.29. The van der Waals surface area contributed by atoms with Crippen molar-refractivity contribution >= 4 is 23.3 Å². The quantitative estimate of drug-likeness (QED) is 0.652. The fourth-order valence-corrected chi connectivity index (χ4v) is 5.04. The van der Waals surface area contributed by atoms with Crippen LogP contribution in [-0.4, -0.2) is 39.7 Å². The maximum absolute atomic E-state index is 13.1. The summed E-state index contributed by atoms with van der Waals surface area (Å²) in [5.41, 5.74) is 1.62. The first kappa shape index (κ1) is 22.3. The van der Waals surface area contributed by atoms with Crippen molar-refractivity contribution in [2.75, 3.05) is 11.9 Å². The molecule has 1 saturated carbocycles. The Hall–Kier alpha value is -2.89. The number of amides is 2. The second-order valence-electron chi connectivity index (χ2n) is 9.00. The largest absolute Gasteiger partial charge is 0.331 e. The first-order valence-corrected chi connectivity index (χ1v) is 12.0. The molecule has 1 N–H and O–H groups in total. The standard InChI is InChI=1S/C26H33N3O3/c30-24(20-10-2-1-3-11-20)15-8-16-25(31)29-19-9-14-23(29)26(32)27-21-12-4-5-13-22(21)28-17-6-7-18-28/h4-7,12-13,17-18,20,23H,1-3,8-11,14-16,19H2,(H,27,32)/t23-/m0/s1. The van der Waals surface area contributed by atoms with Gasteiger partial charge in [0.15, 0.2) is 0 Å². The number of nitrogens with one attached hydrogen (secondary N) is 1. The number of likely N-dealkylation sites (tertiary alicyclic amines) is 1. The molecule has 170 valence electrons. The third-order valence-corrected chi connectivity index (χ3v) is 6.79. The maximum Gasteiger partial charge on any atom is 0.247 e. The van der Waals surface area contributed by atoms with Gasteiger partial charge in [0.1, 0.15) is 11.8 Å². The number of nitrogens with zero attached hydrogens (tertiary/aromatic N) is 2. The summed E-state index contributed by atoms with van der Waals surface area (Å²) in [5, 5.41) is 3.04. The monoisotopic (exact) mass is 435 g/mol. The van der Waals surface area contributed by atoms with Crippen LogP contribution in [0, 0.1) is 5.92 Å². The molecule has 0 bridgehead atoms. The maximum atomic E-state index is 13.1. The minimum absolute atomic E-state index is 0.0159. The zero-order chi connectivity index (χ0) is 22.3. The summed E-state index contributed by atoms with van der Waals surface area (Å²) in [6.45, 7) is 0.604. The minimum atomic E-state index is -0.450. The second kappa shape index (κ2) is 10.6. The molecule has 1 aliphatic carbocycles. The molecule has 0 radical (unpaired) electrons. The number of para-hydroxylation sites is 2. The van der Waals surface area contributed by atoms with Crippen LogP contribution in [0.5, 0.6) is 0 Å². The van der Waals surface area contributed by atoms with E-state index in [2.05, 4.69) is 5.32 Å². The molecular formula is C26H33N3O3. The Labute approximate surface area is 190 Å². The van der Waals surface area contributed by atoms with Gasteiger partial charge in [0.2, 0.25) is 11.8 Å². The molecule has 2 heterocycles. The number of anilines is 1. The SMILES string of the molecule is O=C(CCCC(=O)N1CCC[C@H]1C(=O)Nc1ccccc1-n1cccc1)C1CCCCC1. The highest BCUT2D eigenvalue weighted by molar-refractivity contribution is 5.99. The van der Waals surface area contributed by atoms with Crippen LogP contribution in [0.1, 0.15) is 64.2 Å². The van der Waals surface area contributed by atoms with E-state index < -0.39 is 6.04 Å². The lowest BCUT2D eigenvalue weighted by Crippen LogP contribution is -2.43. The Morgan fingerprint density at radius 3 is 2.41 bits per heavy atom. The predicted octanol–water partition coefficient (Wildman–Crippen LogP) is 4.73. The predicted molar refractivity (Wildman–Crippen MR) is 125 cm³/mol. The summed E-state index contributed by atoms with van der Waals surface area (Å²) in [6, 6.07) is 11.1. The molecular weight excluding hydrogens is 402 g/mol. The highest BCUT2D eigenvalue weighted by atomic mass is 16.2. The van der Waals surface area contributed by atoms with E-state index in [9.17, 15) is 14.4 Å². The molecule has 4 rings (SSSR count). The van der Waals surface area contributed by atoms with Gasteiger partial charge in [0, 0.05) is 37.7 Å². The first-order chi connectivity index (χ1) is 15.6. The van der Waals surface area contributed by atoms with Gasteiger partial charge in [-0.2, -0.15) is 0 Å². The minimum Gasteiger partial charge on any atom is -0.331 e. The summed E-state index contributed by atoms with van der Waals surface area (Å²) in [6.07, 6.45) is 12.3. The summed E-state index contributed by atoms with van der Waals surface area (Å²) < 4.78 is 1.95. The number of hydrogen-bond acceptors (Lipinski definition) is 3. The Balaban J connectivity index is 1.32. The van der Waals surface area contributed by atoms with E-state index in [1.54, 1.807) is 4.90 Å². The smallest absolute Gasteiger partial charge is 0.247 e. The zero-order valence-electron chi connectivity index (χ0n) is 18.7. The van der Waals surface area contributed by atoms with Crippen LogP contribution in [0.2, 0.25) is 0 Å². The number of hydrogen-bond donors (Lipinski definition) is 1. The third-order valence-electron chi connectivity index (χ3n) is 6.79. The van der Waals surface area contributed by atoms with Crippen LogP contribution in [0.25, 0.3) is 5.69 Å². The topological polar surface area (TPSA) is 71.4 Å². The van der Waals surface area contributed by atoms with Crippen molar-refractivity contribution in [1.82, 2.24) is 9.47 Å². The first-order valence-electron chi connectivity index (χ1n) is 12.0. The van der Waals surface area contributed by atoms with Crippen molar-refractivity contribution in [2.24, 2.45) is 5.92 Å². The Kier molecular flexibility index (Phi) is 7.40. The average molecular weight is 436 g/mol. The fraction of sp³-hybridized carbons (Fsp3) is 0.500. The number of benzene rings is 1. The molecule has 6 nitrogen and oxygen atoms in total. The molecule has 2 amide bonds. The fourth-order valence-electron chi connectivity index (χ4n) is 5.04. The van der Waals surface area contributed by atoms with Gasteiger partial charge in [0.25, 0.3) is 0 Å². The second-order valence-corrected chi connectivity index (χ2v) is 9.00. The molecule has 2 fully saturated rings. The summed E-state index contributed by atoms with van der Waals surface area (Å²) in [7, 11) is 0. The van der Waals surface area contributed by atoms with E-state index in [-0.39, 0.29) is 17.7 Å². The van der Waals surface area contributed by atoms with E-state index >= 15 is 0 Å². The lowest BCUT2D eigenvalue weighted by Gasteiger charge is -2.25. The Morgan fingerprint density at radius 1 is 0.875 bits per heavy atom. The molecule has 1 aromatic heterocycles. The van der Waals surface area contributed by atoms with E-state index in [1.165, 1.54) is 6.42 Å². The average Bonchev–Trinajstić information content (AvgIpc) is 3.52. The van der Waals surface area contributed by atoms with Gasteiger partial charge < -0.3 is 14.8 Å². The van der Waals surface area contributed by atoms with Crippen molar-refractivity contribution in [2.45, 2.75) is 70.3 Å². The Bertz CT molecular complexity index is 932. The van der Waals surface area contributed by atoms with Crippen molar-refractivity contribution in [3.05, 3.63) is 48.8 Å². The summed E-state index contributed by atoms with van der Waals surface area (Å²) in [4.78, 5) is 40.0. The van der Waals surface area contributed by atoms with Gasteiger partial charge in [0.05, 0.1) is 11.4 Å². The van der Waals surface area contributed by atoms with Crippen LogP contribution in [-0.2, 0) is 14.4 Å². The summed E-state index contributed by atoms with van der Waals surface area (Å²) in [5.74, 6) is 0.353. The molecule has 2 aliphatic rings. The van der Waals surface area contributed by atoms with Crippen LogP contribution >= 0.6 is 0 Å². The highest BCUT2D eigenvalue weighted by Gasteiger charge is 2.34. The van der Waals surface area contributed by atoms with E-state index in [0.717, 1.165) is 43.5 Å². The molecule has 0 unspecified atom stereocenters. The van der Waals surface area contributed by atoms with Crippen molar-refractivity contribution in [1.29, 1.82) is 0 Å². The van der Waals surface area contributed by atoms with Gasteiger partial charge in [-0.3, -0.25) is 14.4 Å². The number of rotatable bonds is 8. The van der Waals surface area contributed by atoms with E-state index in [1.807, 2.05) is 53.4 Å². The van der Waals surface area contributed by atoms with Gasteiger partial charge in [-0.05, 0) is 56.4 Å². The highest BCUT2D eigenvalue weighted by Crippen LogP contribution is 2.27. The zero-order valence-corrected chi connectivity index (χ0v) is 18.7. The van der Waals surface area contributed by atoms with Gasteiger partial charge in [-0.25, -0.2) is 0 Å². The number of aromatic nitrogens is 1. The molecule has 32 heavy (non-hydrogen) atoms. The number of carbonyl (C=O) groups excluding carboxylic acids is 3. The normalized spacial score (nSPS) is 19.1. The molecule has 2 aromatic rings. The van der Waals surface area contributed by atoms with Crippen molar-refractivity contribution in [3.63, 3.8) is 0 Å². The number of carbonyl (C=O) groups is 3. The van der Waals surface area contributed by atoms with E-state index in [4.69, 9.17) is 0 Å². The van der Waals surface area contributed by atoms with Crippen LogP contribution in [0.15, 0.2) is 48.8 Å². The van der Waals surface area contributed by atoms with Gasteiger partial charge >= 0.3 is 0 Å². The van der Waals surface area contributed by atoms with Crippen LogP contribution in [0.4, 0.5) is 5.69 Å². The molecule has 6 heteroatoms. The van der Waals surface area contributed by atoms with Crippen LogP contribution in [0.3, 0.4) is 0 Å². The van der Waals surface area contributed by atoms with Crippen molar-refractivity contribution in [3.8, 4) is 5.69 Å². The van der Waals surface area contributed by atoms with Gasteiger partial charge in [-0.1, -0.05) is 31.4 Å².